The molecule has 3 rings (SSSR count). The zero-order valence-electron chi connectivity index (χ0n) is 14.7. The van der Waals surface area contributed by atoms with Crippen molar-refractivity contribution in [1.29, 1.82) is 0 Å². The number of fused-ring (bicyclic) bond motifs is 1. The molecule has 2 heterocycles. The van der Waals surface area contributed by atoms with E-state index in [0.717, 1.165) is 26.6 Å². The number of aryl methyl sites for hydroxylation is 1. The van der Waals surface area contributed by atoms with Crippen LogP contribution in [0.3, 0.4) is 0 Å². The van der Waals surface area contributed by atoms with Gasteiger partial charge in [0.05, 0.1) is 20.5 Å². The highest BCUT2D eigenvalue weighted by atomic mass is 79.9. The Morgan fingerprint density at radius 3 is 2.50 bits per heavy atom. The van der Waals surface area contributed by atoms with Gasteiger partial charge in [0.15, 0.2) is 11.6 Å². The summed E-state index contributed by atoms with van der Waals surface area (Å²) in [6.45, 7) is 8.69. The molecule has 140 valence electrons. The van der Waals surface area contributed by atoms with Crippen LogP contribution < -0.4 is 5.50 Å². The molecule has 0 aliphatic rings. The van der Waals surface area contributed by atoms with Crippen molar-refractivity contribution in [2.75, 3.05) is 0 Å². The van der Waals surface area contributed by atoms with Gasteiger partial charge in [-0.2, -0.15) is 0 Å². The van der Waals surface area contributed by atoms with Gasteiger partial charge in [-0.3, -0.25) is 4.57 Å². The predicted molar refractivity (Wildman–Crippen MR) is 106 cm³/mol. The van der Waals surface area contributed by atoms with E-state index in [1.54, 1.807) is 0 Å². The summed E-state index contributed by atoms with van der Waals surface area (Å²) in [7, 11) is -4.46. The molecule has 0 spiro atoms. The van der Waals surface area contributed by atoms with E-state index in [1.165, 1.54) is 12.1 Å². The highest BCUT2D eigenvalue weighted by Gasteiger charge is 2.26. The third-order valence-corrected chi connectivity index (χ3v) is 6.55. The van der Waals surface area contributed by atoms with Gasteiger partial charge in [-0.1, -0.05) is 25.4 Å². The molecule has 0 amide bonds. The summed E-state index contributed by atoms with van der Waals surface area (Å²) in [6, 6.07) is 2.82. The summed E-state index contributed by atoms with van der Waals surface area (Å²) >= 11 is 10.1. The van der Waals surface area contributed by atoms with Crippen molar-refractivity contribution in [3.8, 4) is 11.6 Å². The maximum atomic E-state index is 11.5. The van der Waals surface area contributed by atoms with Gasteiger partial charge in [0.2, 0.25) is 5.50 Å². The van der Waals surface area contributed by atoms with Crippen LogP contribution >= 0.6 is 35.1 Å². The van der Waals surface area contributed by atoms with Crippen molar-refractivity contribution in [2.45, 2.75) is 34.2 Å². The van der Waals surface area contributed by atoms with Crippen molar-refractivity contribution < 1.29 is 18.8 Å². The van der Waals surface area contributed by atoms with E-state index in [-0.39, 0.29) is 5.50 Å². The molecule has 26 heavy (non-hydrogen) atoms. The zero-order chi connectivity index (χ0) is 19.4. The second-order valence-corrected chi connectivity index (χ2v) is 9.40. The van der Waals surface area contributed by atoms with Crippen LogP contribution in [-0.2, 0) is 11.1 Å². The number of halogens is 2. The average Bonchev–Trinajstić information content (AvgIpc) is 3.15. The second kappa shape index (κ2) is 6.80. The Kier molecular flexibility index (Phi) is 5.14. The smallest absolute Gasteiger partial charge is 0.391 e. The normalized spacial score (nSPS) is 12.5. The SMILES string of the molecule is Cc1c(Cl)c(Br)c2c(nc(-c3ccc(P(=O)(O)O)o3)n2CC(C)C)c1C. The third kappa shape index (κ3) is 3.27. The van der Waals surface area contributed by atoms with Gasteiger partial charge in [-0.25, -0.2) is 4.98 Å². The summed E-state index contributed by atoms with van der Waals surface area (Å²) in [5, 5.41) is 0.627. The lowest BCUT2D eigenvalue weighted by Crippen LogP contribution is -2.07. The fourth-order valence-electron chi connectivity index (χ4n) is 2.88. The quantitative estimate of drug-likeness (QED) is 0.546. The number of benzene rings is 1. The number of imidazole rings is 1. The van der Waals surface area contributed by atoms with Crippen molar-refractivity contribution in [2.24, 2.45) is 5.92 Å². The van der Waals surface area contributed by atoms with Gasteiger partial charge in [0.25, 0.3) is 0 Å². The van der Waals surface area contributed by atoms with Gasteiger partial charge in [0.1, 0.15) is 0 Å². The molecule has 0 aliphatic heterocycles. The van der Waals surface area contributed by atoms with Crippen LogP contribution in [0.1, 0.15) is 25.0 Å². The van der Waals surface area contributed by atoms with E-state index < -0.39 is 7.60 Å². The topological polar surface area (TPSA) is 88.5 Å². The first-order chi connectivity index (χ1) is 12.0. The Balaban J connectivity index is 2.35. The molecule has 0 atom stereocenters. The van der Waals surface area contributed by atoms with E-state index in [4.69, 9.17) is 21.0 Å². The average molecular weight is 462 g/mol. The number of aromatic nitrogens is 2. The van der Waals surface area contributed by atoms with Crippen molar-refractivity contribution in [1.82, 2.24) is 9.55 Å². The number of hydrogen-bond acceptors (Lipinski definition) is 3. The maximum absolute atomic E-state index is 11.5. The minimum absolute atomic E-state index is 0.306. The molecule has 0 aliphatic carbocycles. The molecule has 9 heteroatoms. The molecule has 0 saturated carbocycles. The first-order valence-corrected chi connectivity index (χ1v) is 10.8. The molecule has 1 aromatic carbocycles. The number of furan rings is 1. The van der Waals surface area contributed by atoms with E-state index >= 15 is 0 Å². The summed E-state index contributed by atoms with van der Waals surface area (Å²) in [5.74, 6) is 1.13. The lowest BCUT2D eigenvalue weighted by atomic mass is 10.1. The minimum Gasteiger partial charge on any atom is -0.445 e. The van der Waals surface area contributed by atoms with Crippen molar-refractivity contribution >= 4 is 51.7 Å². The summed E-state index contributed by atoms with van der Waals surface area (Å²) in [5.41, 5.74) is 3.14. The predicted octanol–water partition coefficient (Wildman–Crippen LogP) is 4.79. The summed E-state index contributed by atoms with van der Waals surface area (Å²) in [6.07, 6.45) is 0. The highest BCUT2D eigenvalue weighted by molar-refractivity contribution is 9.10. The van der Waals surface area contributed by atoms with Crippen molar-refractivity contribution in [3.63, 3.8) is 0 Å². The molecule has 0 saturated heterocycles. The Bertz CT molecular complexity index is 1050. The molecule has 6 nitrogen and oxygen atoms in total. The van der Waals surface area contributed by atoms with Gasteiger partial charge < -0.3 is 18.8 Å². The molecule has 2 aromatic heterocycles. The lowest BCUT2D eigenvalue weighted by molar-refractivity contribution is 0.377. The van der Waals surface area contributed by atoms with Crippen LogP contribution in [0, 0.1) is 19.8 Å². The van der Waals surface area contributed by atoms with E-state index in [0.29, 0.717) is 29.1 Å². The Morgan fingerprint density at radius 1 is 1.31 bits per heavy atom. The van der Waals surface area contributed by atoms with E-state index in [1.807, 2.05) is 18.4 Å². The molecule has 2 N–H and O–H groups in total. The first kappa shape index (κ1) is 19.6. The van der Waals surface area contributed by atoms with Gasteiger partial charge in [-0.05, 0) is 59.0 Å². The first-order valence-electron chi connectivity index (χ1n) is 8.03. The monoisotopic (exact) mass is 460 g/mol. The fourth-order valence-corrected chi connectivity index (χ4v) is 4.30. The van der Waals surface area contributed by atoms with Gasteiger partial charge in [0, 0.05) is 6.54 Å². The standard InChI is InChI=1S/C17H19BrClN2O4P/c1-8(2)7-21-16-13(18)14(19)9(3)10(4)15(16)20-17(21)11-5-6-12(25-11)26(22,23)24/h5-6,8H,7H2,1-4H3,(H2,22,23,24). The fraction of sp³-hybridized carbons (Fsp3) is 0.353. The summed E-state index contributed by atoms with van der Waals surface area (Å²) in [4.78, 5) is 23.4. The number of rotatable bonds is 4. The molecule has 0 unspecified atom stereocenters. The van der Waals surface area contributed by atoms with E-state index in [9.17, 15) is 14.4 Å². The second-order valence-electron chi connectivity index (χ2n) is 6.70. The third-order valence-electron chi connectivity index (χ3n) is 4.26. The minimum atomic E-state index is -4.46. The van der Waals surface area contributed by atoms with Crippen LogP contribution in [0.4, 0.5) is 0 Å². The summed E-state index contributed by atoms with van der Waals surface area (Å²) < 4.78 is 19.6. The van der Waals surface area contributed by atoms with Gasteiger partial charge >= 0.3 is 7.60 Å². The number of hydrogen-bond donors (Lipinski definition) is 2. The van der Waals surface area contributed by atoms with Crippen LogP contribution in [0.5, 0.6) is 0 Å². The molecular formula is C17H19BrClN2O4P. The Morgan fingerprint density at radius 2 is 1.96 bits per heavy atom. The maximum Gasteiger partial charge on any atom is 0.391 e. The zero-order valence-corrected chi connectivity index (χ0v) is 18.0. The Hall–Kier alpha value is -1.11. The molecule has 0 fully saturated rings. The number of nitrogens with zero attached hydrogens (tertiary/aromatic N) is 2. The lowest BCUT2D eigenvalue weighted by Gasteiger charge is -2.13. The Labute approximate surface area is 164 Å². The highest BCUT2D eigenvalue weighted by Crippen LogP contribution is 2.40. The molecule has 0 radical (unpaired) electrons. The van der Waals surface area contributed by atoms with Crippen LogP contribution in [0.25, 0.3) is 22.6 Å². The van der Waals surface area contributed by atoms with Crippen molar-refractivity contribution in [3.05, 3.63) is 32.8 Å². The van der Waals surface area contributed by atoms with Crippen LogP contribution in [-0.4, -0.2) is 19.3 Å². The largest absolute Gasteiger partial charge is 0.445 e. The van der Waals surface area contributed by atoms with Crippen LogP contribution in [0.2, 0.25) is 5.02 Å². The molecule has 3 aromatic rings. The van der Waals surface area contributed by atoms with Gasteiger partial charge in [-0.15, -0.1) is 0 Å². The van der Waals surface area contributed by atoms with E-state index in [2.05, 4.69) is 29.8 Å². The molecular weight excluding hydrogens is 443 g/mol. The van der Waals surface area contributed by atoms with Crippen LogP contribution in [0.15, 0.2) is 21.0 Å². The molecule has 0 bridgehead atoms.